The van der Waals surface area contributed by atoms with Crippen molar-refractivity contribution in [2.75, 3.05) is 39.3 Å². The van der Waals surface area contributed by atoms with E-state index >= 15 is 0 Å². The Morgan fingerprint density at radius 2 is 1.65 bits per heavy atom. The third-order valence-corrected chi connectivity index (χ3v) is 10.7. The van der Waals surface area contributed by atoms with Gasteiger partial charge in [-0.1, -0.05) is 60.7 Å². The summed E-state index contributed by atoms with van der Waals surface area (Å²) in [7, 11) is 0. The third kappa shape index (κ3) is 8.71. The fourth-order valence-electron chi connectivity index (χ4n) is 7.95. The number of unbranched alkanes of at least 4 members (excludes halogenated alkanes) is 1. The first-order valence-electron chi connectivity index (χ1n) is 18.8. The Balaban J connectivity index is 0.909. The number of aromatic nitrogens is 1. The largest absolute Gasteiger partial charge is 0.506 e. The topological polar surface area (TPSA) is 148 Å². The van der Waals surface area contributed by atoms with Crippen LogP contribution in [0.25, 0.3) is 10.9 Å². The maximum Gasteiger partial charge on any atom is 0.408 e. The molecule has 3 aliphatic rings. The van der Waals surface area contributed by atoms with Crippen molar-refractivity contribution >= 4 is 17.0 Å². The Bertz CT molecular complexity index is 2080. The highest BCUT2D eigenvalue weighted by atomic mass is 16.5. The first-order chi connectivity index (χ1) is 26.3. The van der Waals surface area contributed by atoms with Crippen molar-refractivity contribution in [3.05, 3.63) is 136 Å². The number of amides is 1. The first-order valence-corrected chi connectivity index (χ1v) is 18.8. The van der Waals surface area contributed by atoms with Gasteiger partial charge in [-0.2, -0.15) is 0 Å². The highest BCUT2D eigenvalue weighted by Crippen LogP contribution is 2.39. The predicted molar refractivity (Wildman–Crippen MR) is 207 cm³/mol. The number of phenols is 1. The standard InChI is InChI=1S/C43H48N4O7/c48-38-16-14-35(36-15-17-40(50)45-41(36)38)39(49)26-44-20-4-5-23-53-33-12-6-8-29(24-33)28-54-34-13-7-11-32(25-34)42(31-9-2-1-3-10-31)47(43(51)52)37-27-46-21-18-30(37)19-22-46/h1-3,6-17,24-25,30,37,39,42,44,48-49H,4-5,18-23,26-28H2,(H,45,50)(H,51,52)/t37-,39+,42?/m0/s1. The summed E-state index contributed by atoms with van der Waals surface area (Å²) in [6, 6.07) is 31.2. The van der Waals surface area contributed by atoms with Crippen LogP contribution in [-0.4, -0.2) is 81.6 Å². The van der Waals surface area contributed by atoms with Crippen LogP contribution in [0, 0.1) is 5.92 Å². The molecular weight excluding hydrogens is 684 g/mol. The summed E-state index contributed by atoms with van der Waals surface area (Å²) in [6.45, 7) is 4.73. The number of carbonyl (C=O) groups is 1. The van der Waals surface area contributed by atoms with Gasteiger partial charge in [0.05, 0.1) is 30.3 Å². The molecule has 4 aromatic carbocycles. The van der Waals surface area contributed by atoms with Gasteiger partial charge in [0.25, 0.3) is 0 Å². The minimum Gasteiger partial charge on any atom is -0.506 e. The van der Waals surface area contributed by atoms with Gasteiger partial charge >= 0.3 is 6.09 Å². The minimum atomic E-state index is -0.902. The summed E-state index contributed by atoms with van der Waals surface area (Å²) < 4.78 is 12.3. The van der Waals surface area contributed by atoms with Gasteiger partial charge in [-0.3, -0.25) is 9.69 Å². The van der Waals surface area contributed by atoms with Crippen molar-refractivity contribution in [1.82, 2.24) is 20.1 Å². The van der Waals surface area contributed by atoms with E-state index in [1.54, 1.807) is 17.0 Å². The summed E-state index contributed by atoms with van der Waals surface area (Å²) in [5.41, 5.74) is 3.41. The molecule has 3 aliphatic heterocycles. The number of phenolic OH excluding ortho intramolecular Hbond substituents is 1. The summed E-state index contributed by atoms with van der Waals surface area (Å²) in [4.78, 5) is 31.4. The normalized spacial score (nSPS) is 18.9. The highest BCUT2D eigenvalue weighted by Gasteiger charge is 2.43. The lowest BCUT2D eigenvalue weighted by molar-refractivity contribution is -0.000812. The molecule has 0 saturated carbocycles. The number of aromatic amines is 1. The monoisotopic (exact) mass is 732 g/mol. The number of rotatable bonds is 16. The number of nitrogens with zero attached hydrogens (tertiary/aromatic N) is 2. The fourth-order valence-corrected chi connectivity index (χ4v) is 7.95. The van der Waals surface area contributed by atoms with Crippen molar-refractivity contribution in [3.8, 4) is 17.2 Å². The van der Waals surface area contributed by atoms with E-state index in [9.17, 15) is 24.9 Å². The lowest BCUT2D eigenvalue weighted by atomic mass is 9.81. The summed E-state index contributed by atoms with van der Waals surface area (Å²) in [5.74, 6) is 1.75. The zero-order chi connectivity index (χ0) is 37.4. The van der Waals surface area contributed by atoms with Crippen molar-refractivity contribution < 1.29 is 29.6 Å². The molecule has 11 nitrogen and oxygen atoms in total. The van der Waals surface area contributed by atoms with Crippen molar-refractivity contribution in [1.29, 1.82) is 0 Å². The second kappa shape index (κ2) is 17.2. The molecule has 3 fully saturated rings. The molecule has 54 heavy (non-hydrogen) atoms. The molecule has 1 amide bonds. The molecule has 5 N–H and O–H groups in total. The zero-order valence-corrected chi connectivity index (χ0v) is 30.3. The summed E-state index contributed by atoms with van der Waals surface area (Å²) in [6.07, 6.45) is 2.01. The maximum atomic E-state index is 13.0. The summed E-state index contributed by atoms with van der Waals surface area (Å²) in [5, 5.41) is 35.4. The van der Waals surface area contributed by atoms with Crippen molar-refractivity contribution in [2.45, 2.75) is 50.5 Å². The van der Waals surface area contributed by atoms with E-state index in [0.717, 1.165) is 67.8 Å². The molecule has 4 heterocycles. The number of pyridine rings is 1. The van der Waals surface area contributed by atoms with Crippen LogP contribution in [-0.2, 0) is 6.61 Å². The van der Waals surface area contributed by atoms with E-state index in [1.165, 1.54) is 12.1 Å². The number of benzene rings is 4. The van der Waals surface area contributed by atoms with Gasteiger partial charge in [0.2, 0.25) is 5.56 Å². The number of fused-ring (bicyclic) bond motifs is 4. The van der Waals surface area contributed by atoms with Crippen LogP contribution < -0.4 is 20.3 Å². The molecule has 2 bridgehead atoms. The van der Waals surface area contributed by atoms with E-state index in [4.69, 9.17) is 9.47 Å². The molecule has 0 aliphatic carbocycles. The maximum absolute atomic E-state index is 13.0. The minimum absolute atomic E-state index is 0.0346. The van der Waals surface area contributed by atoms with E-state index in [1.807, 2.05) is 78.9 Å². The Morgan fingerprint density at radius 1 is 0.889 bits per heavy atom. The van der Waals surface area contributed by atoms with Gasteiger partial charge in [0.1, 0.15) is 23.9 Å². The Hall–Kier alpha value is -5.36. The number of aliphatic hydroxyl groups is 1. The molecule has 1 aromatic heterocycles. The first kappa shape index (κ1) is 37.0. The number of aromatic hydroxyl groups is 1. The number of carboxylic acid groups (broad SMARTS) is 1. The zero-order valence-electron chi connectivity index (χ0n) is 30.3. The molecule has 0 radical (unpaired) electrons. The highest BCUT2D eigenvalue weighted by molar-refractivity contribution is 5.87. The number of H-pyrrole nitrogens is 1. The summed E-state index contributed by atoms with van der Waals surface area (Å²) >= 11 is 0. The van der Waals surface area contributed by atoms with E-state index in [0.29, 0.717) is 54.4 Å². The molecule has 0 spiro atoms. The van der Waals surface area contributed by atoms with Gasteiger partial charge in [-0.15, -0.1) is 0 Å². The van der Waals surface area contributed by atoms with Crippen LogP contribution in [0.2, 0.25) is 0 Å². The van der Waals surface area contributed by atoms with Crippen molar-refractivity contribution in [3.63, 3.8) is 0 Å². The van der Waals surface area contributed by atoms with E-state index < -0.39 is 18.2 Å². The van der Waals surface area contributed by atoms with Gasteiger partial charge in [0.15, 0.2) is 0 Å². The second-order valence-corrected chi connectivity index (χ2v) is 14.3. The number of ether oxygens (including phenoxy) is 2. The lowest BCUT2D eigenvalue weighted by Crippen LogP contribution is -2.59. The Kier molecular flexibility index (Phi) is 11.8. The van der Waals surface area contributed by atoms with Gasteiger partial charge < -0.3 is 40.0 Å². The number of nitrogens with one attached hydrogen (secondary N) is 2. The van der Waals surface area contributed by atoms with Gasteiger partial charge in [-0.25, -0.2) is 4.79 Å². The van der Waals surface area contributed by atoms with Crippen LogP contribution in [0.5, 0.6) is 17.2 Å². The molecule has 282 valence electrons. The number of hydrogen-bond acceptors (Lipinski definition) is 8. The SMILES string of the molecule is O=C(O)N(C(c1ccccc1)c1cccc(OCc2cccc(OCCCCNC[C@@H](O)c3ccc(O)c4[nH]c(=O)ccc34)c2)c1)[C@H]1CN2CCC1CC2. The smallest absolute Gasteiger partial charge is 0.408 e. The number of aliphatic hydroxyl groups excluding tert-OH is 1. The Morgan fingerprint density at radius 3 is 2.41 bits per heavy atom. The van der Waals surface area contributed by atoms with Crippen LogP contribution >= 0.6 is 0 Å². The van der Waals surface area contributed by atoms with E-state index in [2.05, 4.69) is 15.2 Å². The van der Waals surface area contributed by atoms with Crippen LogP contribution in [0.1, 0.15) is 60.1 Å². The average Bonchev–Trinajstić information content (AvgIpc) is 3.20. The molecule has 3 atom stereocenters. The predicted octanol–water partition coefficient (Wildman–Crippen LogP) is 6.46. The molecule has 1 unspecified atom stereocenters. The lowest BCUT2D eigenvalue weighted by Gasteiger charge is -2.50. The third-order valence-electron chi connectivity index (χ3n) is 10.7. The molecule has 11 heteroatoms. The number of hydrogen-bond donors (Lipinski definition) is 5. The van der Waals surface area contributed by atoms with E-state index in [-0.39, 0.29) is 17.4 Å². The second-order valence-electron chi connectivity index (χ2n) is 14.3. The van der Waals surface area contributed by atoms with Crippen LogP contribution in [0.15, 0.2) is 108 Å². The number of piperidine rings is 3. The van der Waals surface area contributed by atoms with Crippen LogP contribution in [0.3, 0.4) is 0 Å². The average molecular weight is 733 g/mol. The molecular formula is C43H48N4O7. The quantitative estimate of drug-likeness (QED) is 0.0722. The fraction of sp³-hybridized carbons (Fsp3) is 0.349. The Labute approximate surface area is 314 Å². The van der Waals surface area contributed by atoms with Crippen molar-refractivity contribution in [2.24, 2.45) is 5.92 Å². The molecule has 5 aromatic rings. The van der Waals surface area contributed by atoms with Gasteiger partial charge in [0, 0.05) is 24.5 Å². The van der Waals surface area contributed by atoms with Crippen LogP contribution in [0.4, 0.5) is 4.79 Å². The van der Waals surface area contributed by atoms with Gasteiger partial charge in [-0.05, 0) is 110 Å². The molecule has 8 rings (SSSR count). The molecule has 3 saturated heterocycles.